The Bertz CT molecular complexity index is 3450. The van der Waals surface area contributed by atoms with Crippen molar-refractivity contribution in [1.29, 1.82) is 0 Å². The molecule has 6 aromatic rings. The van der Waals surface area contributed by atoms with Gasteiger partial charge in [-0.2, -0.15) is 9.97 Å². The highest BCUT2D eigenvalue weighted by Crippen LogP contribution is 2.44. The number of carbonyl (C=O) groups is 3. The lowest BCUT2D eigenvalue weighted by Gasteiger charge is -2.41. The number of piperidine rings is 4. The molecule has 6 aliphatic rings. The SMILES string of the molecule is C#Cc1c(F)ccc2cccc(-c3ncc4c(N5CCC[C@@](C)(O)C5)nc(OC[C@@]56CCCN5[C@H](COC(=O)N5CCC(N7CCC(c8ccc9c(c8)n(C)c(=O)n9C8CCC(=O)NC8=O)CC7)CC5)CC6)nc4c3F)c12. The Labute approximate surface area is 444 Å². The minimum absolute atomic E-state index is 0.00152. The fourth-order valence-corrected chi connectivity index (χ4v) is 13.7. The van der Waals surface area contributed by atoms with Crippen LogP contribution in [0.1, 0.15) is 107 Å². The number of imide groups is 1. The zero-order valence-electron chi connectivity index (χ0n) is 43.6. The van der Waals surface area contributed by atoms with Crippen LogP contribution in [0.4, 0.5) is 19.4 Å². The number of aryl methyl sites for hydroxylation is 1. The largest absolute Gasteiger partial charge is 0.461 e. The summed E-state index contributed by atoms with van der Waals surface area (Å²) in [5.74, 6) is 1.12. The van der Waals surface area contributed by atoms with E-state index in [0.717, 1.165) is 76.5 Å². The van der Waals surface area contributed by atoms with Crippen molar-refractivity contribution in [3.8, 4) is 29.6 Å². The third-order valence-corrected chi connectivity index (χ3v) is 17.8. The normalized spacial score (nSPS) is 24.9. The second kappa shape index (κ2) is 20.1. The standard InChI is InChI=1S/C58H64F2N10O7/c1-4-40-43(59)12-10-36-8-5-9-41(48(36)40)50-49(60)51-42(31-61-50)52(68-24-6-21-57(2,75)33-68)64-54(63-51)77-34-58-22-7-25-69(58)39(16-23-58)32-76-56(74)67-28-19-38(20-29-67)66-26-17-35(18-27-66)37-11-13-44-46(30-37)65(3)55(73)70(44)45-14-15-47(71)62-53(45)72/h1,5,8-13,30-31,35,38-39,45,75H,6-7,14-29,32-34H2,2-3H3,(H,62,71,72)/t39-,45?,57+,58-/m0/s1. The third kappa shape index (κ3) is 9.25. The van der Waals surface area contributed by atoms with E-state index in [4.69, 9.17) is 25.9 Å². The number of halogens is 2. The van der Waals surface area contributed by atoms with Crippen LogP contribution in [-0.4, -0.2) is 144 Å². The molecule has 0 saturated carbocycles. The molecule has 3 amide bonds. The summed E-state index contributed by atoms with van der Waals surface area (Å²) in [5, 5.41) is 14.9. The number of rotatable bonds is 10. The predicted octanol–water partition coefficient (Wildman–Crippen LogP) is 6.94. The summed E-state index contributed by atoms with van der Waals surface area (Å²) in [5.41, 5.74) is 1.34. The van der Waals surface area contributed by atoms with Gasteiger partial charge >= 0.3 is 17.8 Å². The van der Waals surface area contributed by atoms with E-state index < -0.39 is 29.2 Å². The number of hydrogen-bond acceptors (Lipinski definition) is 13. The fourth-order valence-electron chi connectivity index (χ4n) is 13.7. The van der Waals surface area contributed by atoms with Crippen LogP contribution < -0.4 is 20.6 Å². The monoisotopic (exact) mass is 1050 g/mol. The quantitative estimate of drug-likeness (QED) is 0.107. The highest BCUT2D eigenvalue weighted by Gasteiger charge is 2.50. The Morgan fingerprint density at radius 2 is 1.73 bits per heavy atom. The van der Waals surface area contributed by atoms with Crippen LogP contribution in [0, 0.1) is 24.0 Å². The van der Waals surface area contributed by atoms with Crippen LogP contribution in [0.15, 0.2) is 59.5 Å². The number of fused-ring (bicyclic) bond motifs is 4. The number of ether oxygens (including phenoxy) is 2. The number of nitrogens with zero attached hydrogens (tertiary/aromatic N) is 9. The summed E-state index contributed by atoms with van der Waals surface area (Å²) < 4.78 is 48.0. The lowest BCUT2D eigenvalue weighted by Crippen LogP contribution is -2.50. The number of pyridine rings is 1. The average molecular weight is 1050 g/mol. The van der Waals surface area contributed by atoms with Gasteiger partial charge in [-0.15, -0.1) is 6.42 Å². The highest BCUT2D eigenvalue weighted by atomic mass is 19.1. The van der Waals surface area contributed by atoms with Crippen molar-refractivity contribution in [3.05, 3.63) is 88.0 Å². The number of anilines is 1. The molecule has 6 aliphatic heterocycles. The topological polar surface area (TPSA) is 180 Å². The molecule has 0 radical (unpaired) electrons. The summed E-state index contributed by atoms with van der Waals surface area (Å²) >= 11 is 0. The molecule has 6 saturated heterocycles. The molecule has 6 fully saturated rings. The van der Waals surface area contributed by atoms with E-state index in [2.05, 4.69) is 38.2 Å². The predicted molar refractivity (Wildman–Crippen MR) is 285 cm³/mol. The summed E-state index contributed by atoms with van der Waals surface area (Å²) in [7, 11) is 1.73. The minimum Gasteiger partial charge on any atom is -0.461 e. The summed E-state index contributed by atoms with van der Waals surface area (Å²) in [4.78, 5) is 74.4. The number of benzene rings is 3. The maximum Gasteiger partial charge on any atom is 0.409 e. The first-order valence-corrected chi connectivity index (χ1v) is 27.3. The van der Waals surface area contributed by atoms with Gasteiger partial charge in [0, 0.05) is 68.9 Å². The smallest absolute Gasteiger partial charge is 0.409 e. The molecule has 17 nitrogen and oxygen atoms in total. The molecule has 4 atom stereocenters. The van der Waals surface area contributed by atoms with Crippen molar-refractivity contribution in [1.82, 2.24) is 44.1 Å². The summed E-state index contributed by atoms with van der Waals surface area (Å²) in [6, 6.07) is 13.9. The first-order chi connectivity index (χ1) is 37.2. The molecule has 0 spiro atoms. The first kappa shape index (κ1) is 50.8. The zero-order chi connectivity index (χ0) is 53.3. The number of amides is 3. The number of β-amino-alcohol motifs (C(OH)–C–C–N with tert-alkyl or cyclic N) is 1. The number of hydrogen-bond donors (Lipinski definition) is 2. The van der Waals surface area contributed by atoms with E-state index >= 15 is 8.78 Å². The molecule has 402 valence electrons. The van der Waals surface area contributed by atoms with E-state index in [1.54, 1.807) is 42.8 Å². The molecule has 3 aromatic heterocycles. The Morgan fingerprint density at radius 1 is 0.922 bits per heavy atom. The van der Waals surface area contributed by atoms with Crippen molar-refractivity contribution < 1.29 is 37.7 Å². The maximum absolute atomic E-state index is 17.2. The van der Waals surface area contributed by atoms with Gasteiger partial charge in [-0.25, -0.2) is 18.4 Å². The van der Waals surface area contributed by atoms with Gasteiger partial charge in [0.25, 0.3) is 0 Å². The highest BCUT2D eigenvalue weighted by molar-refractivity contribution is 6.02. The number of likely N-dealkylation sites (tertiary alicyclic amines) is 2. The maximum atomic E-state index is 17.2. The molecule has 1 unspecified atom stereocenters. The van der Waals surface area contributed by atoms with Crippen molar-refractivity contribution in [2.45, 2.75) is 119 Å². The van der Waals surface area contributed by atoms with E-state index in [1.165, 1.54) is 22.4 Å². The van der Waals surface area contributed by atoms with E-state index in [9.17, 15) is 24.3 Å². The zero-order valence-corrected chi connectivity index (χ0v) is 43.6. The number of terminal acetylenes is 1. The molecule has 0 bridgehead atoms. The Hall–Kier alpha value is -7.01. The van der Waals surface area contributed by atoms with Crippen LogP contribution in [0.25, 0.3) is 44.0 Å². The Balaban J connectivity index is 0.675. The Kier molecular flexibility index (Phi) is 13.3. The molecular formula is C58H64F2N10O7. The number of aliphatic hydroxyl groups is 1. The number of nitrogens with one attached hydrogen (secondary N) is 1. The van der Waals surface area contributed by atoms with Crippen LogP contribution in [-0.2, 0) is 21.4 Å². The molecule has 2 N–H and O–H groups in total. The van der Waals surface area contributed by atoms with Gasteiger partial charge in [0.2, 0.25) is 11.8 Å². The lowest BCUT2D eigenvalue weighted by atomic mass is 9.87. The van der Waals surface area contributed by atoms with Crippen molar-refractivity contribution in [2.24, 2.45) is 7.05 Å². The van der Waals surface area contributed by atoms with Gasteiger partial charge < -0.3 is 29.3 Å². The van der Waals surface area contributed by atoms with Crippen molar-refractivity contribution >= 4 is 56.4 Å². The number of aromatic nitrogens is 5. The van der Waals surface area contributed by atoms with Crippen molar-refractivity contribution in [3.63, 3.8) is 0 Å². The second-order valence-electron chi connectivity index (χ2n) is 22.5. The van der Waals surface area contributed by atoms with Crippen LogP contribution in [0.3, 0.4) is 0 Å². The molecule has 9 heterocycles. The van der Waals surface area contributed by atoms with Gasteiger partial charge in [-0.3, -0.25) is 33.9 Å². The lowest BCUT2D eigenvalue weighted by molar-refractivity contribution is -0.135. The van der Waals surface area contributed by atoms with Gasteiger partial charge in [-0.1, -0.05) is 36.3 Å². The molecular weight excluding hydrogens is 987 g/mol. The average Bonchev–Trinajstić information content (AvgIpc) is 4.09. The molecule has 19 heteroatoms. The molecule has 3 aromatic carbocycles. The third-order valence-electron chi connectivity index (χ3n) is 17.8. The van der Waals surface area contributed by atoms with Crippen LogP contribution >= 0.6 is 0 Å². The van der Waals surface area contributed by atoms with Gasteiger partial charge in [-0.05, 0) is 132 Å². The number of carbonyl (C=O) groups excluding carboxylic acids is 3. The van der Waals surface area contributed by atoms with Crippen molar-refractivity contribution in [2.75, 3.05) is 63.9 Å². The van der Waals surface area contributed by atoms with E-state index in [1.807, 2.05) is 15.9 Å². The molecule has 77 heavy (non-hydrogen) atoms. The number of imidazole rings is 1. The summed E-state index contributed by atoms with van der Waals surface area (Å²) in [6.07, 6.45) is 15.9. The Morgan fingerprint density at radius 3 is 2.51 bits per heavy atom. The fraction of sp³-hybridized carbons (Fsp3) is 0.500. The molecule has 0 aliphatic carbocycles. The minimum atomic E-state index is -0.994. The van der Waals surface area contributed by atoms with Crippen LogP contribution in [0.2, 0.25) is 0 Å². The van der Waals surface area contributed by atoms with Crippen LogP contribution in [0.5, 0.6) is 6.01 Å². The van der Waals surface area contributed by atoms with E-state index in [0.29, 0.717) is 83.9 Å². The second-order valence-corrected chi connectivity index (χ2v) is 22.5. The van der Waals surface area contributed by atoms with Gasteiger partial charge in [0.1, 0.15) is 42.1 Å². The first-order valence-electron chi connectivity index (χ1n) is 27.3. The van der Waals surface area contributed by atoms with Gasteiger partial charge in [0.15, 0.2) is 5.82 Å². The van der Waals surface area contributed by atoms with E-state index in [-0.39, 0.29) is 78.2 Å². The summed E-state index contributed by atoms with van der Waals surface area (Å²) in [6.45, 7) is 7.08. The van der Waals surface area contributed by atoms with Gasteiger partial charge in [0.05, 0.1) is 33.1 Å². The molecule has 12 rings (SSSR count).